The van der Waals surface area contributed by atoms with Crippen LogP contribution in [0, 0.1) is 5.92 Å². The van der Waals surface area contributed by atoms with E-state index in [1.165, 1.54) is 11.2 Å². The number of carbonyl (C=O) groups excluding carboxylic acids is 2. The van der Waals surface area contributed by atoms with Crippen LogP contribution in [0.1, 0.15) is 30.1 Å². The molecule has 0 bridgehead atoms. The summed E-state index contributed by atoms with van der Waals surface area (Å²) >= 11 is 0. The fraction of sp³-hybridized carbons (Fsp3) is 0.375. The van der Waals surface area contributed by atoms with Gasteiger partial charge in [0.25, 0.3) is 5.91 Å². The Kier molecular flexibility index (Phi) is 5.85. The maximum absolute atomic E-state index is 12.7. The van der Waals surface area contributed by atoms with E-state index >= 15 is 0 Å². The van der Waals surface area contributed by atoms with E-state index in [0.717, 1.165) is 25.2 Å². The molecule has 0 aliphatic carbocycles. The Bertz CT molecular complexity index is 642. The first-order valence-corrected chi connectivity index (χ1v) is 7.57. The van der Waals surface area contributed by atoms with Crippen LogP contribution in [0.15, 0.2) is 36.7 Å². The van der Waals surface area contributed by atoms with Crippen molar-refractivity contribution in [3.63, 3.8) is 0 Å². The maximum Gasteiger partial charge on any atom is 0.256 e. The molecule has 1 aromatic carbocycles. The predicted octanol–water partition coefficient (Wildman–Crippen LogP) is 1.24. The van der Waals surface area contributed by atoms with Crippen LogP contribution in [0.25, 0.3) is 5.69 Å². The number of rotatable bonds is 2. The van der Waals surface area contributed by atoms with Crippen LogP contribution in [0.4, 0.5) is 0 Å². The van der Waals surface area contributed by atoms with Crippen molar-refractivity contribution >= 4 is 12.3 Å². The first-order chi connectivity index (χ1) is 11.2. The van der Waals surface area contributed by atoms with Gasteiger partial charge in [0, 0.05) is 13.1 Å². The van der Waals surface area contributed by atoms with Crippen molar-refractivity contribution in [2.75, 3.05) is 13.1 Å². The fourth-order valence-corrected chi connectivity index (χ4v) is 2.71. The third-order valence-electron chi connectivity index (χ3n) is 3.71. The number of carbonyl (C=O) groups is 2. The minimum absolute atomic E-state index is 0.0736. The van der Waals surface area contributed by atoms with Crippen LogP contribution < -0.4 is 5.73 Å². The fourth-order valence-electron chi connectivity index (χ4n) is 2.71. The van der Waals surface area contributed by atoms with Crippen molar-refractivity contribution in [1.29, 1.82) is 0 Å². The number of piperidine rings is 1. The van der Waals surface area contributed by atoms with E-state index in [4.69, 9.17) is 4.79 Å². The molecule has 1 aliphatic rings. The zero-order chi connectivity index (χ0) is 16.7. The van der Waals surface area contributed by atoms with Gasteiger partial charge in [-0.2, -0.15) is 15.0 Å². The van der Waals surface area contributed by atoms with Crippen molar-refractivity contribution in [1.82, 2.24) is 19.9 Å². The normalized spacial score (nSPS) is 17.1. The van der Waals surface area contributed by atoms with Crippen molar-refractivity contribution in [2.45, 2.75) is 19.8 Å². The molecule has 3 rings (SSSR count). The van der Waals surface area contributed by atoms with Gasteiger partial charge in [0.05, 0.1) is 23.6 Å². The summed E-state index contributed by atoms with van der Waals surface area (Å²) in [5, 5.41) is 8.25. The molecular formula is C16H21N5O2. The lowest BCUT2D eigenvalue weighted by Crippen LogP contribution is -2.39. The smallest absolute Gasteiger partial charge is 0.256 e. The summed E-state index contributed by atoms with van der Waals surface area (Å²) in [7, 11) is 0. The molecule has 1 fully saturated rings. The first-order valence-electron chi connectivity index (χ1n) is 7.57. The number of primary amides is 1. The van der Waals surface area contributed by atoms with Crippen LogP contribution in [-0.2, 0) is 4.79 Å². The lowest BCUT2D eigenvalue weighted by atomic mass is 9.99. The Morgan fingerprint density at radius 3 is 2.61 bits per heavy atom. The molecule has 2 N–H and O–H groups in total. The summed E-state index contributed by atoms with van der Waals surface area (Å²) in [5.41, 5.74) is 5.57. The van der Waals surface area contributed by atoms with Gasteiger partial charge in [-0.1, -0.05) is 19.1 Å². The van der Waals surface area contributed by atoms with Crippen LogP contribution in [-0.4, -0.2) is 45.3 Å². The Labute approximate surface area is 135 Å². The maximum atomic E-state index is 12.7. The number of para-hydroxylation sites is 1. The standard InChI is InChI=1S/C15H18N4O.CH3NO/c1-12-5-4-10-18(11-12)15(20)13-6-2-3-7-14(13)19-16-8-9-17-19;2-1-3/h2-3,6-9,12H,4-5,10-11H2,1H3;1H,(H2,2,3). The zero-order valence-corrected chi connectivity index (χ0v) is 13.1. The minimum Gasteiger partial charge on any atom is -0.372 e. The zero-order valence-electron chi connectivity index (χ0n) is 13.1. The topological polar surface area (TPSA) is 94.1 Å². The highest BCUT2D eigenvalue weighted by molar-refractivity contribution is 5.97. The Morgan fingerprint density at radius 1 is 1.30 bits per heavy atom. The second kappa shape index (κ2) is 8.07. The summed E-state index contributed by atoms with van der Waals surface area (Å²) in [6, 6.07) is 7.50. The summed E-state index contributed by atoms with van der Waals surface area (Å²) in [4.78, 5) is 24.7. The lowest BCUT2D eigenvalue weighted by molar-refractivity contribution is -0.106. The highest BCUT2D eigenvalue weighted by Gasteiger charge is 2.24. The number of amides is 2. The van der Waals surface area contributed by atoms with E-state index in [0.29, 0.717) is 11.5 Å². The molecule has 23 heavy (non-hydrogen) atoms. The molecule has 0 spiro atoms. The van der Waals surface area contributed by atoms with Gasteiger partial charge in [-0.05, 0) is 30.9 Å². The van der Waals surface area contributed by atoms with E-state index in [1.807, 2.05) is 29.2 Å². The number of nitrogens with two attached hydrogens (primary N) is 1. The summed E-state index contributed by atoms with van der Waals surface area (Å²) in [5.74, 6) is 0.646. The molecule has 1 aliphatic heterocycles. The SMILES string of the molecule is CC1CCCN(C(=O)c2ccccc2-n2nccn2)C1.NC=O. The van der Waals surface area contributed by atoms with Crippen molar-refractivity contribution < 1.29 is 9.59 Å². The molecular weight excluding hydrogens is 294 g/mol. The van der Waals surface area contributed by atoms with E-state index in [2.05, 4.69) is 22.9 Å². The quantitative estimate of drug-likeness (QED) is 0.844. The van der Waals surface area contributed by atoms with Gasteiger partial charge in [-0.25, -0.2) is 0 Å². The molecule has 2 amide bonds. The van der Waals surface area contributed by atoms with Gasteiger partial charge in [-0.3, -0.25) is 9.59 Å². The molecule has 1 aromatic heterocycles. The number of hydrogen-bond acceptors (Lipinski definition) is 4. The van der Waals surface area contributed by atoms with Gasteiger partial charge in [0.2, 0.25) is 6.41 Å². The largest absolute Gasteiger partial charge is 0.372 e. The highest BCUT2D eigenvalue weighted by Crippen LogP contribution is 2.20. The third-order valence-corrected chi connectivity index (χ3v) is 3.71. The molecule has 0 saturated carbocycles. The molecule has 7 heteroatoms. The molecule has 7 nitrogen and oxygen atoms in total. The molecule has 122 valence electrons. The number of aromatic nitrogens is 3. The Hall–Kier alpha value is -2.70. The average Bonchev–Trinajstić information content (AvgIpc) is 3.09. The molecule has 2 heterocycles. The van der Waals surface area contributed by atoms with E-state index in [9.17, 15) is 4.79 Å². The number of nitrogens with zero attached hydrogens (tertiary/aromatic N) is 4. The minimum atomic E-state index is 0.0736. The molecule has 1 saturated heterocycles. The van der Waals surface area contributed by atoms with Gasteiger partial charge in [0.15, 0.2) is 0 Å². The van der Waals surface area contributed by atoms with Gasteiger partial charge >= 0.3 is 0 Å². The highest BCUT2D eigenvalue weighted by atomic mass is 16.2. The van der Waals surface area contributed by atoms with E-state index < -0.39 is 0 Å². The third kappa shape index (κ3) is 4.15. The van der Waals surface area contributed by atoms with Gasteiger partial charge in [-0.15, -0.1) is 0 Å². The summed E-state index contributed by atoms with van der Waals surface area (Å²) < 4.78 is 0. The second-order valence-electron chi connectivity index (χ2n) is 5.47. The van der Waals surface area contributed by atoms with Crippen LogP contribution in [0.3, 0.4) is 0 Å². The predicted molar refractivity (Wildman–Crippen MR) is 85.9 cm³/mol. The Morgan fingerprint density at radius 2 is 1.96 bits per heavy atom. The lowest BCUT2D eigenvalue weighted by Gasteiger charge is -2.31. The molecule has 0 radical (unpaired) electrons. The monoisotopic (exact) mass is 315 g/mol. The number of likely N-dealkylation sites (tertiary alicyclic amines) is 1. The first kappa shape index (κ1) is 16.7. The second-order valence-corrected chi connectivity index (χ2v) is 5.47. The number of benzene rings is 1. The summed E-state index contributed by atoms with van der Waals surface area (Å²) in [6.07, 6.45) is 5.76. The molecule has 1 atom stereocenters. The van der Waals surface area contributed by atoms with Crippen molar-refractivity contribution in [2.24, 2.45) is 11.7 Å². The Balaban J connectivity index is 0.000000595. The molecule has 1 unspecified atom stereocenters. The van der Waals surface area contributed by atoms with Gasteiger partial charge in [0.1, 0.15) is 0 Å². The van der Waals surface area contributed by atoms with Gasteiger partial charge < -0.3 is 10.6 Å². The number of hydrogen-bond donors (Lipinski definition) is 1. The van der Waals surface area contributed by atoms with Crippen molar-refractivity contribution in [3.8, 4) is 5.69 Å². The van der Waals surface area contributed by atoms with Crippen LogP contribution in [0.2, 0.25) is 0 Å². The molecule has 2 aromatic rings. The van der Waals surface area contributed by atoms with E-state index in [1.54, 1.807) is 12.4 Å². The average molecular weight is 315 g/mol. The van der Waals surface area contributed by atoms with Crippen LogP contribution in [0.5, 0.6) is 0 Å². The van der Waals surface area contributed by atoms with E-state index in [-0.39, 0.29) is 12.3 Å². The van der Waals surface area contributed by atoms with Crippen molar-refractivity contribution in [3.05, 3.63) is 42.2 Å². The summed E-state index contributed by atoms with van der Waals surface area (Å²) in [6.45, 7) is 3.87. The van der Waals surface area contributed by atoms with Crippen LogP contribution >= 0.6 is 0 Å².